The molecule has 0 bridgehead atoms. The fourth-order valence-electron chi connectivity index (χ4n) is 2.52. The molecule has 0 fully saturated rings. The van der Waals surface area contributed by atoms with Crippen LogP contribution in [0.3, 0.4) is 0 Å². The second kappa shape index (κ2) is 8.04. The SMILES string of the molecule is Cc1cc(C)c(SCc2ccnc(Cl)c2)c(NC(=O)c2cccs2)c1. The van der Waals surface area contributed by atoms with Gasteiger partial charge >= 0.3 is 0 Å². The van der Waals surface area contributed by atoms with Gasteiger partial charge < -0.3 is 5.32 Å². The van der Waals surface area contributed by atoms with Gasteiger partial charge in [-0.05, 0) is 60.2 Å². The first kappa shape index (κ1) is 18.0. The average molecular weight is 389 g/mol. The molecule has 0 aliphatic heterocycles. The number of amides is 1. The Morgan fingerprint density at radius 1 is 1.28 bits per heavy atom. The highest BCUT2D eigenvalue weighted by Gasteiger charge is 2.13. The first-order valence-corrected chi connectivity index (χ1v) is 9.96. The van der Waals surface area contributed by atoms with Gasteiger partial charge in [0.05, 0.1) is 10.6 Å². The molecular weight excluding hydrogens is 372 g/mol. The van der Waals surface area contributed by atoms with Crippen LogP contribution in [0.1, 0.15) is 26.4 Å². The molecule has 1 amide bonds. The highest BCUT2D eigenvalue weighted by molar-refractivity contribution is 7.98. The molecule has 0 saturated carbocycles. The molecule has 0 unspecified atom stereocenters. The zero-order valence-electron chi connectivity index (χ0n) is 13.9. The molecule has 6 heteroatoms. The number of aromatic nitrogens is 1. The molecule has 3 rings (SSSR count). The van der Waals surface area contributed by atoms with Crippen LogP contribution in [-0.2, 0) is 5.75 Å². The number of nitrogens with one attached hydrogen (secondary N) is 1. The molecular formula is C19H17ClN2OS2. The van der Waals surface area contributed by atoms with Crippen molar-refractivity contribution in [2.24, 2.45) is 0 Å². The smallest absolute Gasteiger partial charge is 0.265 e. The third-order valence-corrected chi connectivity index (χ3v) is 5.97. The van der Waals surface area contributed by atoms with Crippen molar-refractivity contribution < 1.29 is 4.79 Å². The van der Waals surface area contributed by atoms with Crippen LogP contribution in [0.2, 0.25) is 5.15 Å². The summed E-state index contributed by atoms with van der Waals surface area (Å²) in [5.41, 5.74) is 4.21. The molecule has 0 aliphatic carbocycles. The molecule has 2 aromatic heterocycles. The van der Waals surface area contributed by atoms with Gasteiger partial charge in [-0.25, -0.2) is 4.98 Å². The number of aryl methyl sites for hydroxylation is 2. The van der Waals surface area contributed by atoms with Gasteiger partial charge in [0.2, 0.25) is 0 Å². The van der Waals surface area contributed by atoms with E-state index in [2.05, 4.69) is 23.3 Å². The molecule has 0 radical (unpaired) electrons. The monoisotopic (exact) mass is 388 g/mol. The van der Waals surface area contributed by atoms with E-state index in [4.69, 9.17) is 11.6 Å². The zero-order chi connectivity index (χ0) is 17.8. The maximum Gasteiger partial charge on any atom is 0.265 e. The molecule has 3 nitrogen and oxygen atoms in total. The quantitative estimate of drug-likeness (QED) is 0.433. The van der Waals surface area contributed by atoms with Gasteiger partial charge in [0, 0.05) is 16.8 Å². The standard InChI is InChI=1S/C19H17ClN2OS2/c1-12-8-13(2)18(25-11-14-5-6-21-17(20)10-14)15(9-12)22-19(23)16-4-3-7-24-16/h3-10H,11H2,1-2H3,(H,22,23). The van der Waals surface area contributed by atoms with E-state index in [-0.39, 0.29) is 5.91 Å². The summed E-state index contributed by atoms with van der Waals surface area (Å²) in [5.74, 6) is 0.683. The number of nitrogens with zero attached hydrogens (tertiary/aromatic N) is 1. The first-order chi connectivity index (χ1) is 12.0. The van der Waals surface area contributed by atoms with E-state index in [1.165, 1.54) is 11.3 Å². The second-order valence-electron chi connectivity index (χ2n) is 5.67. The minimum atomic E-state index is -0.0752. The molecule has 25 heavy (non-hydrogen) atoms. The van der Waals surface area contributed by atoms with Crippen LogP contribution in [0.4, 0.5) is 5.69 Å². The predicted molar refractivity (Wildman–Crippen MR) is 107 cm³/mol. The van der Waals surface area contributed by atoms with Crippen molar-refractivity contribution in [1.29, 1.82) is 0 Å². The summed E-state index contributed by atoms with van der Waals surface area (Å²) >= 11 is 9.08. The van der Waals surface area contributed by atoms with Gasteiger partial charge in [-0.15, -0.1) is 23.1 Å². The van der Waals surface area contributed by atoms with E-state index in [1.807, 2.05) is 42.6 Å². The van der Waals surface area contributed by atoms with Crippen LogP contribution in [0.25, 0.3) is 0 Å². The number of carbonyl (C=O) groups excluding carboxylic acids is 1. The maximum absolute atomic E-state index is 12.4. The van der Waals surface area contributed by atoms with Crippen LogP contribution in [-0.4, -0.2) is 10.9 Å². The maximum atomic E-state index is 12.4. The van der Waals surface area contributed by atoms with Crippen molar-refractivity contribution in [1.82, 2.24) is 4.98 Å². The largest absolute Gasteiger partial charge is 0.320 e. The van der Waals surface area contributed by atoms with Crippen molar-refractivity contribution in [2.45, 2.75) is 24.5 Å². The minimum Gasteiger partial charge on any atom is -0.320 e. The minimum absolute atomic E-state index is 0.0752. The molecule has 0 spiro atoms. The number of pyridine rings is 1. The van der Waals surface area contributed by atoms with Crippen molar-refractivity contribution >= 4 is 46.3 Å². The molecule has 0 aliphatic rings. The summed E-state index contributed by atoms with van der Waals surface area (Å²) in [6, 6.07) is 11.7. The first-order valence-electron chi connectivity index (χ1n) is 7.72. The van der Waals surface area contributed by atoms with Crippen molar-refractivity contribution in [2.75, 3.05) is 5.32 Å². The molecule has 3 aromatic rings. The molecule has 2 heterocycles. The number of benzene rings is 1. The average Bonchev–Trinajstić information content (AvgIpc) is 3.08. The van der Waals surface area contributed by atoms with Crippen molar-refractivity contribution in [3.05, 3.63) is 74.7 Å². The fraction of sp³-hybridized carbons (Fsp3) is 0.158. The summed E-state index contributed by atoms with van der Waals surface area (Å²) in [6.45, 7) is 4.10. The second-order valence-corrected chi connectivity index (χ2v) is 7.99. The summed E-state index contributed by atoms with van der Waals surface area (Å²) in [6.07, 6.45) is 1.71. The predicted octanol–water partition coefficient (Wildman–Crippen LogP) is 5.96. The summed E-state index contributed by atoms with van der Waals surface area (Å²) in [4.78, 5) is 18.2. The highest BCUT2D eigenvalue weighted by atomic mass is 35.5. The van der Waals surface area contributed by atoms with Crippen LogP contribution in [0.5, 0.6) is 0 Å². The Morgan fingerprint density at radius 3 is 2.84 bits per heavy atom. The Morgan fingerprint density at radius 2 is 2.12 bits per heavy atom. The Hall–Kier alpha value is -1.82. The van der Waals surface area contributed by atoms with Crippen LogP contribution in [0.15, 0.2) is 52.9 Å². The number of anilines is 1. The third-order valence-electron chi connectivity index (χ3n) is 3.59. The lowest BCUT2D eigenvalue weighted by molar-refractivity contribution is 0.103. The van der Waals surface area contributed by atoms with E-state index in [9.17, 15) is 4.79 Å². The molecule has 0 atom stereocenters. The lowest BCUT2D eigenvalue weighted by Gasteiger charge is -2.14. The highest BCUT2D eigenvalue weighted by Crippen LogP contribution is 2.34. The van der Waals surface area contributed by atoms with E-state index in [1.54, 1.807) is 18.0 Å². The van der Waals surface area contributed by atoms with Crippen LogP contribution < -0.4 is 5.32 Å². The van der Waals surface area contributed by atoms with E-state index < -0.39 is 0 Å². The number of hydrogen-bond acceptors (Lipinski definition) is 4. The van der Waals surface area contributed by atoms with E-state index in [0.717, 1.165) is 33.0 Å². The lowest BCUT2D eigenvalue weighted by Crippen LogP contribution is -2.11. The topological polar surface area (TPSA) is 42.0 Å². The van der Waals surface area contributed by atoms with Gasteiger partial charge in [0.1, 0.15) is 5.15 Å². The Kier molecular flexibility index (Phi) is 5.78. The fourth-order valence-corrected chi connectivity index (χ4v) is 4.38. The summed E-state index contributed by atoms with van der Waals surface area (Å²) in [7, 11) is 0. The number of carbonyl (C=O) groups is 1. The summed E-state index contributed by atoms with van der Waals surface area (Å²) < 4.78 is 0. The van der Waals surface area contributed by atoms with Gasteiger partial charge in [0.15, 0.2) is 0 Å². The zero-order valence-corrected chi connectivity index (χ0v) is 16.3. The number of hydrogen-bond donors (Lipinski definition) is 1. The molecule has 1 N–H and O–H groups in total. The third kappa shape index (κ3) is 4.63. The van der Waals surface area contributed by atoms with Gasteiger partial charge in [-0.1, -0.05) is 23.7 Å². The number of thiophene rings is 1. The van der Waals surface area contributed by atoms with E-state index >= 15 is 0 Å². The van der Waals surface area contributed by atoms with Gasteiger partial charge in [0.25, 0.3) is 5.91 Å². The van der Waals surface area contributed by atoms with Crippen molar-refractivity contribution in [3.8, 4) is 0 Å². The lowest BCUT2D eigenvalue weighted by atomic mass is 10.1. The van der Waals surface area contributed by atoms with Crippen LogP contribution in [0, 0.1) is 13.8 Å². The molecule has 1 aromatic carbocycles. The Labute approximate surface area is 160 Å². The molecule has 0 saturated heterocycles. The van der Waals surface area contributed by atoms with Crippen LogP contribution >= 0.6 is 34.7 Å². The number of halogens is 1. The Bertz CT molecular complexity index is 894. The summed E-state index contributed by atoms with van der Waals surface area (Å²) in [5, 5.41) is 5.45. The molecule has 128 valence electrons. The number of thioether (sulfide) groups is 1. The van der Waals surface area contributed by atoms with Gasteiger partial charge in [-0.3, -0.25) is 4.79 Å². The van der Waals surface area contributed by atoms with Crippen molar-refractivity contribution in [3.63, 3.8) is 0 Å². The normalized spacial score (nSPS) is 10.7. The van der Waals surface area contributed by atoms with Gasteiger partial charge in [-0.2, -0.15) is 0 Å². The van der Waals surface area contributed by atoms with E-state index in [0.29, 0.717) is 10.0 Å². The Balaban J connectivity index is 1.83. The number of rotatable bonds is 5.